The third-order valence-electron chi connectivity index (χ3n) is 1.70. The zero-order valence-electron chi connectivity index (χ0n) is 7.89. The van der Waals surface area contributed by atoms with Crippen molar-refractivity contribution in [3.8, 4) is 0 Å². The fourth-order valence-corrected chi connectivity index (χ4v) is 0.674. The lowest BCUT2D eigenvalue weighted by molar-refractivity contribution is 0.0763. The molecule has 1 N–H and O–H groups in total. The summed E-state index contributed by atoms with van der Waals surface area (Å²) < 4.78 is 5.31. The maximum absolute atomic E-state index is 8.90. The summed E-state index contributed by atoms with van der Waals surface area (Å²) in [5, 5.41) is 8.90. The fraction of sp³-hybridized carbons (Fsp3) is 1.00. The molecule has 0 fully saturated rings. The summed E-state index contributed by atoms with van der Waals surface area (Å²) in [7, 11) is 0. The second-order valence-electron chi connectivity index (χ2n) is 3.68. The van der Waals surface area contributed by atoms with Gasteiger partial charge in [-0.05, 0) is 18.3 Å². The van der Waals surface area contributed by atoms with Gasteiger partial charge in [0.15, 0.2) is 0 Å². The Labute approximate surface area is 69.6 Å². The predicted octanol–water partition coefficient (Wildman–Crippen LogP) is 1.82. The van der Waals surface area contributed by atoms with E-state index >= 15 is 0 Å². The molecular weight excluding hydrogens is 140 g/mol. The predicted molar refractivity (Wildman–Crippen MR) is 46.6 cm³/mol. The molecule has 0 heterocycles. The van der Waals surface area contributed by atoms with E-state index in [-0.39, 0.29) is 12.0 Å². The van der Waals surface area contributed by atoms with Crippen LogP contribution in [0.15, 0.2) is 0 Å². The molecule has 0 atom stereocenters. The van der Waals surface area contributed by atoms with Crippen molar-refractivity contribution in [1.82, 2.24) is 0 Å². The van der Waals surface area contributed by atoms with E-state index in [1.165, 1.54) is 0 Å². The first-order chi connectivity index (χ1) is 5.12. The summed E-state index contributed by atoms with van der Waals surface area (Å²) in [5.41, 5.74) is 0.0216. The molecule has 11 heavy (non-hydrogen) atoms. The fourth-order valence-electron chi connectivity index (χ4n) is 0.674. The summed E-state index contributed by atoms with van der Waals surface area (Å²) in [5.74, 6) is 0. The van der Waals surface area contributed by atoms with Crippen LogP contribution in [-0.2, 0) is 4.74 Å². The van der Waals surface area contributed by atoms with Gasteiger partial charge in [-0.25, -0.2) is 0 Å². The Morgan fingerprint density at radius 3 is 2.36 bits per heavy atom. The molecule has 0 aliphatic carbocycles. The quantitative estimate of drug-likeness (QED) is 0.601. The van der Waals surface area contributed by atoms with Crippen molar-refractivity contribution in [1.29, 1.82) is 0 Å². The normalized spacial score (nSPS) is 12.0. The molecule has 0 radical (unpaired) electrons. The van der Waals surface area contributed by atoms with Crippen molar-refractivity contribution in [2.75, 3.05) is 19.8 Å². The minimum atomic E-state index is 0.0216. The average molecular weight is 160 g/mol. The van der Waals surface area contributed by atoms with Crippen LogP contribution in [0.3, 0.4) is 0 Å². The smallest absolute Gasteiger partial charge is 0.0482 e. The third-order valence-corrected chi connectivity index (χ3v) is 1.70. The van der Waals surface area contributed by atoms with E-state index in [4.69, 9.17) is 9.84 Å². The van der Waals surface area contributed by atoms with E-state index in [0.717, 1.165) is 26.1 Å². The molecule has 0 aromatic heterocycles. The van der Waals surface area contributed by atoms with Gasteiger partial charge in [0.2, 0.25) is 0 Å². The van der Waals surface area contributed by atoms with E-state index in [0.29, 0.717) is 0 Å². The van der Waals surface area contributed by atoms with Crippen LogP contribution in [0.2, 0.25) is 0 Å². The van der Waals surface area contributed by atoms with Gasteiger partial charge in [0, 0.05) is 19.8 Å². The van der Waals surface area contributed by atoms with Gasteiger partial charge in [-0.3, -0.25) is 0 Å². The highest BCUT2D eigenvalue weighted by Gasteiger charge is 2.15. The highest BCUT2D eigenvalue weighted by Crippen LogP contribution is 2.18. The Morgan fingerprint density at radius 1 is 1.27 bits per heavy atom. The lowest BCUT2D eigenvalue weighted by Crippen LogP contribution is -2.19. The molecule has 68 valence electrons. The Morgan fingerprint density at radius 2 is 1.91 bits per heavy atom. The van der Waals surface area contributed by atoms with E-state index in [9.17, 15) is 0 Å². The van der Waals surface area contributed by atoms with Gasteiger partial charge in [-0.15, -0.1) is 0 Å². The highest BCUT2D eigenvalue weighted by molar-refractivity contribution is 4.65. The monoisotopic (exact) mass is 160 g/mol. The van der Waals surface area contributed by atoms with Crippen LogP contribution in [-0.4, -0.2) is 24.9 Å². The molecule has 0 amide bonds. The molecule has 2 heteroatoms. The van der Waals surface area contributed by atoms with Gasteiger partial charge in [-0.2, -0.15) is 0 Å². The summed E-state index contributed by atoms with van der Waals surface area (Å²) in [6, 6.07) is 0. The van der Waals surface area contributed by atoms with Crippen molar-refractivity contribution < 1.29 is 9.84 Å². The number of ether oxygens (including phenoxy) is 1. The molecule has 0 bridgehead atoms. The highest BCUT2D eigenvalue weighted by atomic mass is 16.5. The first-order valence-electron chi connectivity index (χ1n) is 4.31. The number of hydrogen-bond donors (Lipinski definition) is 1. The topological polar surface area (TPSA) is 29.5 Å². The van der Waals surface area contributed by atoms with E-state index < -0.39 is 0 Å². The Bertz CT molecular complexity index is 89.6. The van der Waals surface area contributed by atoms with Crippen molar-refractivity contribution in [3.05, 3.63) is 0 Å². The number of rotatable bonds is 6. The van der Waals surface area contributed by atoms with Crippen molar-refractivity contribution >= 4 is 0 Å². The molecule has 0 saturated heterocycles. The zero-order chi connectivity index (χ0) is 8.74. The minimum absolute atomic E-state index is 0.0216. The molecule has 0 aromatic carbocycles. The molecule has 0 spiro atoms. The Hall–Kier alpha value is -0.0800. The summed E-state index contributed by atoms with van der Waals surface area (Å²) in [4.78, 5) is 0. The minimum Gasteiger partial charge on any atom is -0.396 e. The first kappa shape index (κ1) is 10.9. The largest absolute Gasteiger partial charge is 0.396 e. The molecule has 0 aliphatic heterocycles. The van der Waals surface area contributed by atoms with Gasteiger partial charge in [0.1, 0.15) is 0 Å². The van der Waals surface area contributed by atoms with E-state index in [1.807, 2.05) is 13.8 Å². The standard InChI is InChI=1S/C9H20O2/c1-4-6-11-7-5-9(2,3)8-10/h10H,4-8H2,1-3H3. The molecule has 0 rings (SSSR count). The Balaban J connectivity index is 3.23. The molecular formula is C9H20O2. The summed E-state index contributed by atoms with van der Waals surface area (Å²) in [6.45, 7) is 8.02. The zero-order valence-corrected chi connectivity index (χ0v) is 7.89. The van der Waals surface area contributed by atoms with Gasteiger partial charge in [0.05, 0.1) is 0 Å². The van der Waals surface area contributed by atoms with Gasteiger partial charge in [0.25, 0.3) is 0 Å². The lowest BCUT2D eigenvalue weighted by Gasteiger charge is -2.20. The van der Waals surface area contributed by atoms with Gasteiger partial charge >= 0.3 is 0 Å². The van der Waals surface area contributed by atoms with Crippen LogP contribution in [0.1, 0.15) is 33.6 Å². The third kappa shape index (κ3) is 6.32. The summed E-state index contributed by atoms with van der Waals surface area (Å²) >= 11 is 0. The van der Waals surface area contributed by atoms with E-state index in [2.05, 4.69) is 6.92 Å². The molecule has 0 unspecified atom stereocenters. The van der Waals surface area contributed by atoms with Crippen LogP contribution in [0.4, 0.5) is 0 Å². The van der Waals surface area contributed by atoms with Crippen LogP contribution in [0, 0.1) is 5.41 Å². The first-order valence-corrected chi connectivity index (χ1v) is 4.31. The lowest BCUT2D eigenvalue weighted by atomic mass is 9.91. The molecule has 0 aromatic rings. The van der Waals surface area contributed by atoms with Crippen molar-refractivity contribution in [3.63, 3.8) is 0 Å². The number of aliphatic hydroxyl groups excluding tert-OH is 1. The van der Waals surface area contributed by atoms with Crippen LogP contribution < -0.4 is 0 Å². The molecule has 2 nitrogen and oxygen atoms in total. The van der Waals surface area contributed by atoms with E-state index in [1.54, 1.807) is 0 Å². The van der Waals surface area contributed by atoms with Crippen LogP contribution >= 0.6 is 0 Å². The van der Waals surface area contributed by atoms with Crippen molar-refractivity contribution in [2.45, 2.75) is 33.6 Å². The maximum atomic E-state index is 8.90. The number of aliphatic hydroxyl groups is 1. The SMILES string of the molecule is CCCOCCC(C)(C)CO. The molecule has 0 saturated carbocycles. The second kappa shape index (κ2) is 5.56. The van der Waals surface area contributed by atoms with Gasteiger partial charge < -0.3 is 9.84 Å². The average Bonchev–Trinajstić information content (AvgIpc) is 1.99. The van der Waals surface area contributed by atoms with Crippen LogP contribution in [0.25, 0.3) is 0 Å². The van der Waals surface area contributed by atoms with Crippen LogP contribution in [0.5, 0.6) is 0 Å². The van der Waals surface area contributed by atoms with Crippen molar-refractivity contribution in [2.24, 2.45) is 5.41 Å². The number of hydrogen-bond acceptors (Lipinski definition) is 2. The molecule has 0 aliphatic rings. The Kier molecular flexibility index (Phi) is 5.51. The van der Waals surface area contributed by atoms with Gasteiger partial charge in [-0.1, -0.05) is 20.8 Å². The second-order valence-corrected chi connectivity index (χ2v) is 3.68. The maximum Gasteiger partial charge on any atom is 0.0482 e. The summed E-state index contributed by atoms with van der Waals surface area (Å²) in [6.07, 6.45) is 2.00.